The van der Waals surface area contributed by atoms with Gasteiger partial charge in [0, 0.05) is 16.5 Å². The number of hydrogen-bond donors (Lipinski definition) is 3. The number of ether oxygens (including phenoxy) is 2. The normalized spacial score (nSPS) is 15.6. The molecule has 3 heterocycles. The number of thiazole rings is 1. The van der Waals surface area contributed by atoms with Gasteiger partial charge in [0.25, 0.3) is 17.8 Å². The van der Waals surface area contributed by atoms with Crippen LogP contribution in [0.25, 0.3) is 0 Å². The zero-order valence-electron chi connectivity index (χ0n) is 33.7. The molecule has 0 spiro atoms. The van der Waals surface area contributed by atoms with Crippen LogP contribution in [0.3, 0.4) is 0 Å². The van der Waals surface area contributed by atoms with Crippen molar-refractivity contribution in [1.29, 1.82) is 0 Å². The van der Waals surface area contributed by atoms with E-state index in [2.05, 4.69) is 14.4 Å². The Balaban J connectivity index is 1.27. The highest BCUT2D eigenvalue weighted by molar-refractivity contribution is 7.80. The molecule has 1 aliphatic heterocycles. The number of Topliss-reactive ketones (excluding diaryl/α,β-unsaturated/α-hetero) is 1. The van der Waals surface area contributed by atoms with Gasteiger partial charge in [0.2, 0.25) is 11.9 Å². The maximum absolute atomic E-state index is 13.9. The highest BCUT2D eigenvalue weighted by Gasteiger charge is 2.57. The van der Waals surface area contributed by atoms with E-state index in [1.807, 2.05) is 121 Å². The number of carbonyl (C=O) groups excluding carboxylic acids is 2. The molecule has 0 radical (unpaired) electrons. The smallest absolute Gasteiger partial charge is 0.418 e. The Morgan fingerprint density at radius 2 is 1.34 bits per heavy atom. The van der Waals surface area contributed by atoms with Gasteiger partial charge in [-0.2, -0.15) is 13.5 Å². The van der Waals surface area contributed by atoms with Crippen LogP contribution >= 0.6 is 11.3 Å². The number of carbonyl (C=O) groups is 2. The SMILES string of the molecule is Cc1nc(/C(=N/OC(CO)c2cc(OC(c3ccccc3)c3ccccc3)c(OC(c3ccccc3)c3ccccc3)c[n+]2O)C(=O)C[C@@H]2C(=O)N(OS(=O)(=O)O)C2(C)C)cs1. The van der Waals surface area contributed by atoms with Crippen LogP contribution in [-0.4, -0.2) is 62.9 Å². The van der Waals surface area contributed by atoms with Crippen molar-refractivity contribution in [3.63, 3.8) is 0 Å². The quantitative estimate of drug-likeness (QED) is 0.0207. The van der Waals surface area contributed by atoms with Crippen LogP contribution < -0.4 is 14.2 Å². The lowest BCUT2D eigenvalue weighted by Crippen LogP contribution is -2.68. The number of benzene rings is 4. The fraction of sp³-hybridized carbons (Fsp3) is 0.222. The lowest BCUT2D eigenvalue weighted by Gasteiger charge is -2.50. The van der Waals surface area contributed by atoms with Gasteiger partial charge < -0.3 is 19.4 Å². The number of ketones is 1. The third-order valence-electron chi connectivity index (χ3n) is 10.3. The molecule has 0 aliphatic carbocycles. The van der Waals surface area contributed by atoms with Crippen molar-refractivity contribution in [3.05, 3.63) is 178 Å². The maximum atomic E-state index is 13.9. The number of hydroxylamine groups is 2. The highest BCUT2D eigenvalue weighted by atomic mass is 32.3. The van der Waals surface area contributed by atoms with Crippen molar-refractivity contribution in [2.24, 2.45) is 11.1 Å². The summed E-state index contributed by atoms with van der Waals surface area (Å²) in [4.78, 5) is 37.1. The van der Waals surface area contributed by atoms with Crippen LogP contribution in [0.1, 0.15) is 77.2 Å². The predicted octanol–water partition coefficient (Wildman–Crippen LogP) is 6.70. The second-order valence-corrected chi connectivity index (χ2v) is 16.9. The lowest BCUT2D eigenvalue weighted by molar-refractivity contribution is -0.911. The molecule has 4 aromatic carbocycles. The molecule has 15 nitrogen and oxygen atoms in total. The molecule has 0 bridgehead atoms. The lowest BCUT2D eigenvalue weighted by atomic mass is 9.74. The molecule has 1 amide bonds. The minimum atomic E-state index is -5.02. The highest BCUT2D eigenvalue weighted by Crippen LogP contribution is 2.42. The molecule has 1 unspecified atom stereocenters. The largest absolute Gasteiger partial charge is 0.477 e. The Bertz CT molecular complexity index is 2570. The van der Waals surface area contributed by atoms with E-state index in [1.54, 1.807) is 12.3 Å². The number of pyridine rings is 1. The van der Waals surface area contributed by atoms with Crippen LogP contribution in [0, 0.1) is 12.8 Å². The molecule has 17 heteroatoms. The Kier molecular flexibility index (Phi) is 13.1. The summed E-state index contributed by atoms with van der Waals surface area (Å²) in [7, 11) is -5.02. The van der Waals surface area contributed by atoms with E-state index in [-0.39, 0.29) is 28.6 Å². The fourth-order valence-corrected chi connectivity index (χ4v) is 8.07. The van der Waals surface area contributed by atoms with Gasteiger partial charge in [0.1, 0.15) is 17.9 Å². The molecule has 6 aromatic rings. The van der Waals surface area contributed by atoms with E-state index in [4.69, 9.17) is 14.3 Å². The van der Waals surface area contributed by atoms with Crippen molar-refractivity contribution in [2.45, 2.75) is 51.0 Å². The van der Waals surface area contributed by atoms with Crippen LogP contribution in [0.5, 0.6) is 11.5 Å². The summed E-state index contributed by atoms with van der Waals surface area (Å²) >= 11 is 1.23. The topological polar surface area (TPSA) is 198 Å². The molecular weight excluding hydrogens is 837 g/mol. The van der Waals surface area contributed by atoms with Crippen molar-refractivity contribution in [2.75, 3.05) is 6.61 Å². The molecule has 1 aliphatic rings. The van der Waals surface area contributed by atoms with Gasteiger partial charge in [-0.15, -0.1) is 15.6 Å². The van der Waals surface area contributed by atoms with Gasteiger partial charge in [-0.25, -0.2) is 4.98 Å². The van der Waals surface area contributed by atoms with E-state index in [0.29, 0.717) is 10.1 Å². The summed E-state index contributed by atoms with van der Waals surface area (Å²) in [5.41, 5.74) is 1.75. The van der Waals surface area contributed by atoms with Crippen molar-refractivity contribution in [3.8, 4) is 11.5 Å². The van der Waals surface area contributed by atoms with Crippen molar-refractivity contribution >= 4 is 39.1 Å². The molecular formula is C45H43N4O11S2+. The first-order valence-electron chi connectivity index (χ1n) is 19.4. The minimum absolute atomic E-state index is 0.0380. The van der Waals surface area contributed by atoms with Gasteiger partial charge in [-0.3, -0.25) is 19.3 Å². The molecule has 2 aromatic heterocycles. The Labute approximate surface area is 361 Å². The predicted molar refractivity (Wildman–Crippen MR) is 226 cm³/mol. The standard InChI is InChI=1S/C45H42N4O11S2/c1-29-46-35(28-61-29)41(37(51)24-34-44(52)49(45(34,2)3)60-62(54,55)56)47-59-40(27-50)36-25-38(57-42(30-16-8-4-9-17-30)31-18-10-5-11-19-31)39(26-48(36)53)58-43(32-20-12-6-13-21-32)33-22-14-7-15-23-33/h4-23,25-26,28,34,40,42-43,50H,24,27H2,1-3H3,(H-,53,54,55,56)/p+1/b47-41-/t34-,40?/m1/s1. The van der Waals surface area contributed by atoms with Gasteiger partial charge in [0.05, 0.1) is 29.1 Å². The van der Waals surface area contributed by atoms with Gasteiger partial charge in [-0.05, 0) is 43.0 Å². The summed E-state index contributed by atoms with van der Waals surface area (Å²) in [6, 6.07) is 39.6. The number of amides is 1. The summed E-state index contributed by atoms with van der Waals surface area (Å²) in [6.07, 6.45) is -1.90. The average Bonchev–Trinajstić information content (AvgIpc) is 3.71. The molecule has 2 atom stereocenters. The summed E-state index contributed by atoms with van der Waals surface area (Å²) in [6.45, 7) is 3.91. The zero-order chi connectivity index (χ0) is 44.0. The minimum Gasteiger partial charge on any atom is -0.477 e. The molecule has 1 fully saturated rings. The second kappa shape index (κ2) is 18.6. The number of aliphatic hydroxyl groups is 1. The molecule has 7 rings (SSSR count). The Hall–Kier alpha value is -6.50. The van der Waals surface area contributed by atoms with Gasteiger partial charge >= 0.3 is 10.4 Å². The first kappa shape index (κ1) is 43.6. The number of nitrogens with zero attached hydrogens (tertiary/aromatic N) is 4. The fourth-order valence-electron chi connectivity index (χ4n) is 7.02. The van der Waals surface area contributed by atoms with Gasteiger partial charge in [0.15, 0.2) is 17.2 Å². The summed E-state index contributed by atoms with van der Waals surface area (Å²) in [5, 5.41) is 29.2. The monoisotopic (exact) mass is 879 g/mol. The molecule has 3 N–H and O–H groups in total. The first-order valence-corrected chi connectivity index (χ1v) is 21.6. The van der Waals surface area contributed by atoms with E-state index in [0.717, 1.165) is 27.0 Å². The van der Waals surface area contributed by atoms with Gasteiger partial charge in [-0.1, -0.05) is 126 Å². The summed E-state index contributed by atoms with van der Waals surface area (Å²) < 4.78 is 50.7. The van der Waals surface area contributed by atoms with E-state index >= 15 is 0 Å². The van der Waals surface area contributed by atoms with Crippen molar-refractivity contribution in [1.82, 2.24) is 10.0 Å². The summed E-state index contributed by atoms with van der Waals surface area (Å²) in [5.74, 6) is -2.32. The zero-order valence-corrected chi connectivity index (χ0v) is 35.3. The van der Waals surface area contributed by atoms with Crippen LogP contribution in [-0.2, 0) is 29.1 Å². The molecule has 62 heavy (non-hydrogen) atoms. The van der Waals surface area contributed by atoms with E-state index < -0.39 is 64.9 Å². The van der Waals surface area contributed by atoms with E-state index in [9.17, 15) is 32.9 Å². The van der Waals surface area contributed by atoms with Crippen molar-refractivity contribution < 1.29 is 56.2 Å². The Morgan fingerprint density at radius 1 is 0.855 bits per heavy atom. The first-order chi connectivity index (χ1) is 29.7. The average molecular weight is 880 g/mol. The number of hydrogen-bond acceptors (Lipinski definition) is 13. The van der Waals surface area contributed by atoms with Crippen LogP contribution in [0.15, 0.2) is 144 Å². The number of β-lactam (4-membered cyclic amide) rings is 1. The molecule has 0 saturated carbocycles. The number of oxime groups is 1. The third-order valence-corrected chi connectivity index (χ3v) is 11.4. The number of aliphatic hydroxyl groups excluding tert-OH is 1. The number of aryl methyl sites for hydroxylation is 1. The second-order valence-electron chi connectivity index (χ2n) is 14.8. The third kappa shape index (κ3) is 9.83. The number of aromatic nitrogens is 2. The van der Waals surface area contributed by atoms with Crippen LogP contribution in [0.4, 0.5) is 0 Å². The van der Waals surface area contributed by atoms with Crippen LogP contribution in [0.2, 0.25) is 0 Å². The number of rotatable bonds is 18. The molecule has 1 saturated heterocycles. The Morgan fingerprint density at radius 3 is 1.76 bits per heavy atom. The molecule has 320 valence electrons. The van der Waals surface area contributed by atoms with E-state index in [1.165, 1.54) is 37.4 Å². The maximum Gasteiger partial charge on any atom is 0.418 e.